The smallest absolute Gasteiger partial charge is 0.273 e. The van der Waals surface area contributed by atoms with Crippen LogP contribution in [0, 0.1) is 5.92 Å². The number of aromatic nitrogens is 2. The normalized spacial score (nSPS) is 16.9. The average molecular weight is 365 g/mol. The highest BCUT2D eigenvalue weighted by Crippen LogP contribution is 2.11. The van der Waals surface area contributed by atoms with Gasteiger partial charge in [-0.1, -0.05) is 60.8 Å². The van der Waals surface area contributed by atoms with E-state index in [1.807, 2.05) is 31.2 Å². The van der Waals surface area contributed by atoms with Crippen LogP contribution in [0.5, 0.6) is 0 Å². The molecule has 0 aliphatic heterocycles. The number of nitrogens with two attached hydrogens (primary N) is 1. The predicted octanol–water partition coefficient (Wildman–Crippen LogP) is 2.79. The van der Waals surface area contributed by atoms with Gasteiger partial charge in [-0.15, -0.1) is 0 Å². The maximum atomic E-state index is 12.1. The molecule has 142 valence electrons. The van der Waals surface area contributed by atoms with Gasteiger partial charge in [0, 0.05) is 24.2 Å². The molecule has 0 amide bonds. The summed E-state index contributed by atoms with van der Waals surface area (Å²) in [4.78, 5) is 16.6. The Hall–Kier alpha value is -3.28. The highest BCUT2D eigenvalue weighted by atomic mass is 16.1. The molecule has 6 nitrogen and oxygen atoms in total. The van der Waals surface area contributed by atoms with Crippen LogP contribution >= 0.6 is 0 Å². The lowest BCUT2D eigenvalue weighted by molar-refractivity contribution is 0.755. The first-order valence-electron chi connectivity index (χ1n) is 8.84. The molecule has 0 spiro atoms. The van der Waals surface area contributed by atoms with Crippen LogP contribution < -0.4 is 22.0 Å². The van der Waals surface area contributed by atoms with Crippen molar-refractivity contribution in [3.63, 3.8) is 0 Å². The molecule has 0 saturated heterocycles. The van der Waals surface area contributed by atoms with Gasteiger partial charge in [-0.2, -0.15) is 4.68 Å². The second kappa shape index (κ2) is 10.0. The maximum absolute atomic E-state index is 12.1. The topological polar surface area (TPSA) is 85.0 Å². The number of nitrogen functional groups attached to an aromatic ring is 1. The zero-order valence-corrected chi connectivity index (χ0v) is 15.9. The van der Waals surface area contributed by atoms with Gasteiger partial charge in [0.05, 0.1) is 12.2 Å². The van der Waals surface area contributed by atoms with Gasteiger partial charge in [0.15, 0.2) is 0 Å². The van der Waals surface area contributed by atoms with Gasteiger partial charge in [0.2, 0.25) is 5.95 Å². The van der Waals surface area contributed by atoms with Gasteiger partial charge in [-0.3, -0.25) is 4.79 Å². The summed E-state index contributed by atoms with van der Waals surface area (Å²) in [6.45, 7) is 8.65. The molecule has 0 radical (unpaired) electrons. The van der Waals surface area contributed by atoms with Gasteiger partial charge < -0.3 is 16.5 Å². The lowest BCUT2D eigenvalue weighted by Gasteiger charge is -2.14. The minimum Gasteiger partial charge on any atom is -0.383 e. The fourth-order valence-electron chi connectivity index (χ4n) is 2.41. The van der Waals surface area contributed by atoms with E-state index < -0.39 is 0 Å². The summed E-state index contributed by atoms with van der Waals surface area (Å²) in [6, 6.07) is 1.43. The van der Waals surface area contributed by atoms with Crippen molar-refractivity contribution >= 4 is 5.95 Å². The lowest BCUT2D eigenvalue weighted by Crippen LogP contribution is -2.32. The number of allylic oxidation sites excluding steroid dienone is 9. The Morgan fingerprint density at radius 3 is 3.00 bits per heavy atom. The average Bonchev–Trinajstić information content (AvgIpc) is 2.86. The van der Waals surface area contributed by atoms with Crippen LogP contribution in [0.1, 0.15) is 19.5 Å². The van der Waals surface area contributed by atoms with E-state index in [0.29, 0.717) is 24.7 Å². The molecular weight excluding hydrogens is 338 g/mol. The molecular formula is C21H27N5O. The summed E-state index contributed by atoms with van der Waals surface area (Å²) in [6.07, 6.45) is 17.7. The van der Waals surface area contributed by atoms with E-state index in [2.05, 4.69) is 53.4 Å². The number of nitrogens with one attached hydrogen (secondary N) is 2. The number of hydrogen-bond acceptors (Lipinski definition) is 5. The first-order chi connectivity index (χ1) is 13.0. The minimum atomic E-state index is -0.304. The molecule has 1 unspecified atom stereocenters. The van der Waals surface area contributed by atoms with Crippen molar-refractivity contribution in [2.75, 3.05) is 17.7 Å². The third-order valence-electron chi connectivity index (χ3n) is 3.97. The first-order valence-corrected chi connectivity index (χ1v) is 8.84. The van der Waals surface area contributed by atoms with Crippen molar-refractivity contribution in [2.24, 2.45) is 5.92 Å². The van der Waals surface area contributed by atoms with Gasteiger partial charge >= 0.3 is 0 Å². The highest BCUT2D eigenvalue weighted by Gasteiger charge is 2.09. The van der Waals surface area contributed by atoms with Crippen molar-refractivity contribution < 1.29 is 0 Å². The fourth-order valence-corrected chi connectivity index (χ4v) is 2.41. The third-order valence-corrected chi connectivity index (χ3v) is 3.97. The van der Waals surface area contributed by atoms with Gasteiger partial charge in [-0.25, -0.2) is 4.98 Å². The molecule has 0 aromatic carbocycles. The van der Waals surface area contributed by atoms with Crippen molar-refractivity contribution in [3.8, 4) is 0 Å². The van der Waals surface area contributed by atoms with E-state index in [9.17, 15) is 4.79 Å². The second-order valence-corrected chi connectivity index (χ2v) is 6.30. The first kappa shape index (κ1) is 20.0. The molecule has 2 rings (SSSR count). The van der Waals surface area contributed by atoms with Gasteiger partial charge in [0.1, 0.15) is 0 Å². The summed E-state index contributed by atoms with van der Waals surface area (Å²) in [5, 5.41) is 6.39. The molecule has 0 fully saturated rings. The van der Waals surface area contributed by atoms with Crippen molar-refractivity contribution in [1.82, 2.24) is 15.0 Å². The molecule has 0 saturated carbocycles. The SMILES string of the molecule is C=C/C=C\C=C(/C)NCc1cc(=O)n(N)c(NCC2C=CC=C(C)C=C2)n1. The number of rotatable bonds is 8. The van der Waals surface area contributed by atoms with Crippen molar-refractivity contribution in [1.29, 1.82) is 0 Å². The lowest BCUT2D eigenvalue weighted by atomic mass is 10.1. The predicted molar refractivity (Wildman–Crippen MR) is 113 cm³/mol. The maximum Gasteiger partial charge on any atom is 0.273 e. The zero-order valence-electron chi connectivity index (χ0n) is 15.9. The molecule has 1 heterocycles. The Balaban J connectivity index is 2.04. The van der Waals surface area contributed by atoms with Crippen LogP contribution in [0.3, 0.4) is 0 Å². The van der Waals surface area contributed by atoms with Crippen LogP contribution in [-0.2, 0) is 6.54 Å². The van der Waals surface area contributed by atoms with Gasteiger partial charge in [-0.05, 0) is 19.9 Å². The minimum absolute atomic E-state index is 0.194. The Morgan fingerprint density at radius 1 is 1.41 bits per heavy atom. The van der Waals surface area contributed by atoms with Crippen molar-refractivity contribution in [3.05, 3.63) is 94.6 Å². The van der Waals surface area contributed by atoms with E-state index in [-0.39, 0.29) is 11.5 Å². The molecule has 6 heteroatoms. The number of anilines is 1. The van der Waals surface area contributed by atoms with Crippen molar-refractivity contribution in [2.45, 2.75) is 20.4 Å². The van der Waals surface area contributed by atoms with Crippen LogP contribution in [-0.4, -0.2) is 16.2 Å². The summed E-state index contributed by atoms with van der Waals surface area (Å²) in [5.74, 6) is 6.38. The molecule has 0 bridgehead atoms. The largest absolute Gasteiger partial charge is 0.383 e. The molecule has 1 aromatic rings. The standard InChI is InChI=1S/C21H27N5O/c1-4-5-6-9-17(3)23-15-19-13-20(27)26(22)21(25-19)24-14-18-10-7-8-16(2)11-12-18/h4-13,18,23H,1,14-15,22H2,2-3H3,(H,24,25)/b6-5-,17-9+. The Bertz CT molecular complexity index is 871. The molecule has 1 atom stereocenters. The Kier molecular flexibility index (Phi) is 7.43. The van der Waals surface area contributed by atoms with E-state index in [1.165, 1.54) is 11.6 Å². The van der Waals surface area contributed by atoms with E-state index in [4.69, 9.17) is 5.84 Å². The van der Waals surface area contributed by atoms with E-state index in [0.717, 1.165) is 10.4 Å². The molecule has 27 heavy (non-hydrogen) atoms. The summed E-state index contributed by atoms with van der Waals surface area (Å²) < 4.78 is 1.03. The quantitative estimate of drug-likeness (QED) is 0.487. The highest BCUT2D eigenvalue weighted by molar-refractivity contribution is 5.32. The number of hydrogen-bond donors (Lipinski definition) is 3. The van der Waals surface area contributed by atoms with E-state index >= 15 is 0 Å². The van der Waals surface area contributed by atoms with Gasteiger partial charge in [0.25, 0.3) is 5.56 Å². The van der Waals surface area contributed by atoms with Crippen LogP contribution in [0.15, 0.2) is 83.4 Å². The Labute approximate surface area is 160 Å². The monoisotopic (exact) mass is 365 g/mol. The van der Waals surface area contributed by atoms with E-state index in [1.54, 1.807) is 6.08 Å². The summed E-state index contributed by atoms with van der Waals surface area (Å²) in [7, 11) is 0. The van der Waals surface area contributed by atoms with Crippen LogP contribution in [0.25, 0.3) is 0 Å². The summed E-state index contributed by atoms with van der Waals surface area (Å²) >= 11 is 0. The van der Waals surface area contributed by atoms with Crippen LogP contribution in [0.4, 0.5) is 5.95 Å². The van der Waals surface area contributed by atoms with Crippen LogP contribution in [0.2, 0.25) is 0 Å². The third kappa shape index (κ3) is 6.51. The zero-order chi connectivity index (χ0) is 19.6. The number of nitrogens with zero attached hydrogens (tertiary/aromatic N) is 2. The molecule has 1 aromatic heterocycles. The molecule has 1 aliphatic rings. The second-order valence-electron chi connectivity index (χ2n) is 6.30. The summed E-state index contributed by atoms with van der Waals surface area (Å²) in [5.41, 5.74) is 2.47. The Morgan fingerprint density at radius 2 is 2.22 bits per heavy atom. The fraction of sp³-hybridized carbons (Fsp3) is 0.238. The molecule has 4 N–H and O–H groups in total. The molecule has 1 aliphatic carbocycles.